The molecule has 0 spiro atoms. The zero-order valence-electron chi connectivity index (χ0n) is 13.8. The Morgan fingerprint density at radius 1 is 1.19 bits per heavy atom. The topological polar surface area (TPSA) is 83.2 Å². The van der Waals surface area contributed by atoms with Crippen LogP contribution in [-0.2, 0) is 9.59 Å². The van der Waals surface area contributed by atoms with Crippen molar-refractivity contribution in [2.45, 2.75) is 0 Å². The molecular weight excluding hydrogens is 360 g/mol. The van der Waals surface area contributed by atoms with E-state index in [1.165, 1.54) is 25.3 Å². The molecule has 136 valence electrons. The van der Waals surface area contributed by atoms with Gasteiger partial charge in [0.15, 0.2) is 17.4 Å². The summed E-state index contributed by atoms with van der Waals surface area (Å²) in [6.07, 6.45) is 0.965. The van der Waals surface area contributed by atoms with E-state index < -0.39 is 29.2 Å². The third kappa shape index (κ3) is 3.16. The number of nitrogens with one attached hydrogen (secondary N) is 1. The number of benzene rings is 2. The Labute approximate surface area is 151 Å². The van der Waals surface area contributed by atoms with Crippen LogP contribution in [-0.4, -0.2) is 24.0 Å². The molecule has 3 rings (SSSR count). The summed E-state index contributed by atoms with van der Waals surface area (Å²) in [7, 11) is 1.38. The number of hydrogen-bond acceptors (Lipinski definition) is 5. The Bertz CT molecular complexity index is 1020. The molecule has 2 amide bonds. The molecule has 0 radical (unpaired) electrons. The lowest BCUT2D eigenvalue weighted by Gasteiger charge is -2.16. The molecule has 1 aliphatic rings. The van der Waals surface area contributed by atoms with Crippen molar-refractivity contribution in [3.63, 3.8) is 0 Å². The molecule has 0 atom stereocenters. The summed E-state index contributed by atoms with van der Waals surface area (Å²) in [6, 6.07) is 5.76. The van der Waals surface area contributed by atoms with Gasteiger partial charge in [-0.25, -0.2) is 18.5 Å². The van der Waals surface area contributed by atoms with Gasteiger partial charge in [-0.3, -0.25) is 9.59 Å². The third-order valence-electron chi connectivity index (χ3n) is 3.76. The van der Waals surface area contributed by atoms with Crippen LogP contribution in [0, 0.1) is 18.2 Å². The molecule has 27 heavy (non-hydrogen) atoms. The van der Waals surface area contributed by atoms with Crippen LogP contribution in [0.5, 0.6) is 11.5 Å². The van der Waals surface area contributed by atoms with Gasteiger partial charge in [0.1, 0.15) is 11.4 Å². The number of phenols is 1. The molecule has 0 fully saturated rings. The highest BCUT2D eigenvalue weighted by molar-refractivity contribution is 6.31. The first kappa shape index (κ1) is 17.9. The van der Waals surface area contributed by atoms with Crippen molar-refractivity contribution >= 4 is 28.9 Å². The molecule has 1 aliphatic heterocycles. The van der Waals surface area contributed by atoms with Crippen LogP contribution in [0.1, 0.15) is 0 Å². The number of ether oxygens (including phenoxy) is 1. The van der Waals surface area contributed by atoms with E-state index in [-0.39, 0.29) is 28.5 Å². The highest BCUT2D eigenvalue weighted by atomic mass is 19.1. The first-order valence-corrected chi connectivity index (χ1v) is 7.46. The second-order valence-corrected chi connectivity index (χ2v) is 5.42. The van der Waals surface area contributed by atoms with Gasteiger partial charge in [0.2, 0.25) is 5.69 Å². The summed E-state index contributed by atoms with van der Waals surface area (Å²) < 4.78 is 31.9. The Kier molecular flexibility index (Phi) is 4.48. The fourth-order valence-electron chi connectivity index (χ4n) is 2.50. The molecule has 2 N–H and O–H groups in total. The quantitative estimate of drug-likeness (QED) is 0.490. The summed E-state index contributed by atoms with van der Waals surface area (Å²) in [6.45, 7) is 7.14. The highest BCUT2D eigenvalue weighted by Gasteiger charge is 2.33. The van der Waals surface area contributed by atoms with Gasteiger partial charge in [-0.15, -0.1) is 0 Å². The standard InChI is InChI=1S/C18H11F2N3O4/c1-21-13-7-10(3-4-15(13)27-2)23-16(24)8-14(18(23)26)22-9-5-11(19)17(25)12(20)6-9/h3-8,22,25H,2H3. The Morgan fingerprint density at radius 3 is 2.44 bits per heavy atom. The number of halogens is 2. The number of rotatable bonds is 4. The highest BCUT2D eigenvalue weighted by Crippen LogP contribution is 2.34. The molecule has 2 aromatic carbocycles. The van der Waals surface area contributed by atoms with Crippen molar-refractivity contribution in [2.75, 3.05) is 17.3 Å². The lowest BCUT2D eigenvalue weighted by Crippen LogP contribution is -2.31. The Hall–Kier alpha value is -3.93. The minimum Gasteiger partial charge on any atom is -0.508 e. The lowest BCUT2D eigenvalue weighted by molar-refractivity contribution is -0.120. The molecule has 1 heterocycles. The van der Waals surface area contributed by atoms with Crippen LogP contribution in [0.25, 0.3) is 4.85 Å². The van der Waals surface area contributed by atoms with E-state index >= 15 is 0 Å². The zero-order chi connectivity index (χ0) is 19.7. The van der Waals surface area contributed by atoms with Crippen molar-refractivity contribution in [2.24, 2.45) is 0 Å². The number of phenolic OH excluding ortho intramolecular Hbond substituents is 1. The number of aromatic hydroxyl groups is 1. The Morgan fingerprint density at radius 2 is 1.85 bits per heavy atom. The van der Waals surface area contributed by atoms with Crippen molar-refractivity contribution in [3.8, 4) is 11.5 Å². The maximum Gasteiger partial charge on any atom is 0.281 e. The maximum atomic E-state index is 13.4. The number of methoxy groups -OCH3 is 1. The third-order valence-corrected chi connectivity index (χ3v) is 3.76. The lowest BCUT2D eigenvalue weighted by atomic mass is 10.2. The fraction of sp³-hybridized carbons (Fsp3) is 0.0556. The van der Waals surface area contributed by atoms with E-state index in [1.807, 2.05) is 0 Å². The SMILES string of the molecule is [C-]#[N+]c1cc(N2C(=O)C=C(Nc3cc(F)c(O)c(F)c3)C2=O)ccc1OC. The molecule has 0 saturated heterocycles. The van der Waals surface area contributed by atoms with E-state index in [9.17, 15) is 18.4 Å². The smallest absolute Gasteiger partial charge is 0.281 e. The summed E-state index contributed by atoms with van der Waals surface area (Å²) in [5.41, 5.74) is -0.120. The van der Waals surface area contributed by atoms with Crippen LogP contribution >= 0.6 is 0 Å². The number of imide groups is 1. The van der Waals surface area contributed by atoms with Gasteiger partial charge in [-0.2, -0.15) is 0 Å². The first-order chi connectivity index (χ1) is 12.8. The second-order valence-electron chi connectivity index (χ2n) is 5.42. The summed E-state index contributed by atoms with van der Waals surface area (Å²) in [4.78, 5) is 28.8. The van der Waals surface area contributed by atoms with Gasteiger partial charge in [-0.1, -0.05) is 0 Å². The first-order valence-electron chi connectivity index (χ1n) is 7.46. The fourth-order valence-corrected chi connectivity index (χ4v) is 2.50. The second kappa shape index (κ2) is 6.76. The monoisotopic (exact) mass is 371 g/mol. The minimum atomic E-state index is -1.22. The van der Waals surface area contributed by atoms with Gasteiger partial charge in [0.25, 0.3) is 11.8 Å². The average Bonchev–Trinajstić information content (AvgIpc) is 2.92. The van der Waals surface area contributed by atoms with Gasteiger partial charge < -0.3 is 15.2 Å². The largest absolute Gasteiger partial charge is 0.508 e. The van der Waals surface area contributed by atoms with Crippen LogP contribution in [0.15, 0.2) is 42.1 Å². The van der Waals surface area contributed by atoms with Crippen molar-refractivity contribution in [1.82, 2.24) is 0 Å². The zero-order valence-corrected chi connectivity index (χ0v) is 13.8. The molecule has 0 unspecified atom stereocenters. The predicted molar refractivity (Wildman–Crippen MR) is 91.5 cm³/mol. The number of amides is 2. The van der Waals surface area contributed by atoms with Gasteiger partial charge >= 0.3 is 0 Å². The molecule has 0 bridgehead atoms. The summed E-state index contributed by atoms with van der Waals surface area (Å²) >= 11 is 0. The maximum absolute atomic E-state index is 13.4. The van der Waals surface area contributed by atoms with Gasteiger partial charge in [0, 0.05) is 29.6 Å². The molecule has 0 saturated carbocycles. The van der Waals surface area contributed by atoms with Gasteiger partial charge in [-0.05, 0) is 18.2 Å². The molecular formula is C18H11F2N3O4. The van der Waals surface area contributed by atoms with Crippen LogP contribution in [0.2, 0.25) is 0 Å². The number of nitrogens with zero attached hydrogens (tertiary/aromatic N) is 2. The summed E-state index contributed by atoms with van der Waals surface area (Å²) in [5, 5.41) is 11.6. The molecule has 7 nitrogen and oxygen atoms in total. The van der Waals surface area contributed by atoms with E-state index in [0.717, 1.165) is 23.1 Å². The van der Waals surface area contributed by atoms with Crippen molar-refractivity contribution in [3.05, 3.63) is 65.2 Å². The molecule has 0 aromatic heterocycles. The molecule has 0 aliphatic carbocycles. The van der Waals surface area contributed by atoms with E-state index in [2.05, 4.69) is 10.2 Å². The Balaban J connectivity index is 1.89. The van der Waals surface area contributed by atoms with E-state index in [1.54, 1.807) is 0 Å². The van der Waals surface area contributed by atoms with E-state index in [4.69, 9.17) is 16.4 Å². The molecule has 2 aromatic rings. The van der Waals surface area contributed by atoms with Gasteiger partial charge in [0.05, 0.1) is 13.7 Å². The summed E-state index contributed by atoms with van der Waals surface area (Å²) in [5.74, 6) is -4.76. The minimum absolute atomic E-state index is 0.111. The number of carbonyl (C=O) groups is 2. The number of anilines is 2. The van der Waals surface area contributed by atoms with E-state index in [0.29, 0.717) is 0 Å². The van der Waals surface area contributed by atoms with Crippen LogP contribution < -0.4 is 15.0 Å². The number of carbonyl (C=O) groups excluding carboxylic acids is 2. The molecule has 9 heteroatoms. The number of hydrogen-bond donors (Lipinski definition) is 2. The normalized spacial score (nSPS) is 13.4. The van der Waals surface area contributed by atoms with Crippen molar-refractivity contribution < 1.29 is 28.2 Å². The predicted octanol–water partition coefficient (Wildman–Crippen LogP) is 3.10. The van der Waals surface area contributed by atoms with Crippen LogP contribution in [0.4, 0.5) is 25.8 Å². The average molecular weight is 371 g/mol. The van der Waals surface area contributed by atoms with Crippen molar-refractivity contribution in [1.29, 1.82) is 0 Å². The van der Waals surface area contributed by atoms with Crippen LogP contribution in [0.3, 0.4) is 0 Å².